The number of imide groups is 1. The van der Waals surface area contributed by atoms with Gasteiger partial charge >= 0.3 is 0 Å². The van der Waals surface area contributed by atoms with E-state index in [1.165, 1.54) is 25.1 Å². The van der Waals surface area contributed by atoms with E-state index in [1.54, 1.807) is 41.7 Å². The van der Waals surface area contributed by atoms with E-state index in [-0.39, 0.29) is 22.6 Å². The number of para-hydroxylation sites is 1. The second-order valence-corrected chi connectivity index (χ2v) is 9.99. The molecule has 0 unspecified atom stereocenters. The molecular formula is C30H20N4O4S. The van der Waals surface area contributed by atoms with Gasteiger partial charge in [-0.05, 0) is 66.7 Å². The summed E-state index contributed by atoms with van der Waals surface area (Å²) in [4.78, 5) is 56.3. The Hall–Kier alpha value is -5.15. The first-order valence-electron chi connectivity index (χ1n) is 12.1. The van der Waals surface area contributed by atoms with Crippen LogP contribution in [0.5, 0.6) is 0 Å². The summed E-state index contributed by atoms with van der Waals surface area (Å²) < 4.78 is 1.08. The van der Waals surface area contributed by atoms with Crippen molar-refractivity contribution in [3.8, 4) is 10.6 Å². The molecule has 4 amide bonds. The molecule has 1 aromatic heterocycles. The van der Waals surface area contributed by atoms with Gasteiger partial charge < -0.3 is 10.6 Å². The van der Waals surface area contributed by atoms with Crippen molar-refractivity contribution in [1.29, 1.82) is 0 Å². The van der Waals surface area contributed by atoms with Crippen molar-refractivity contribution < 1.29 is 19.2 Å². The molecule has 8 nitrogen and oxygen atoms in total. The van der Waals surface area contributed by atoms with Crippen molar-refractivity contribution in [3.05, 3.63) is 108 Å². The van der Waals surface area contributed by atoms with Crippen LogP contribution in [0.2, 0.25) is 0 Å². The molecule has 0 spiro atoms. The Balaban J connectivity index is 1.22. The molecular weight excluding hydrogens is 512 g/mol. The van der Waals surface area contributed by atoms with Crippen molar-refractivity contribution in [2.24, 2.45) is 0 Å². The van der Waals surface area contributed by atoms with Crippen molar-refractivity contribution in [1.82, 2.24) is 4.98 Å². The van der Waals surface area contributed by atoms with E-state index in [0.29, 0.717) is 17.1 Å². The number of nitrogens with zero attached hydrogens (tertiary/aromatic N) is 2. The molecule has 5 aromatic rings. The van der Waals surface area contributed by atoms with Crippen molar-refractivity contribution >= 4 is 62.2 Å². The van der Waals surface area contributed by atoms with Gasteiger partial charge in [0.05, 0.1) is 27.0 Å². The number of aromatic nitrogens is 1. The van der Waals surface area contributed by atoms with Crippen LogP contribution >= 0.6 is 11.3 Å². The lowest BCUT2D eigenvalue weighted by molar-refractivity contribution is -0.114. The third-order valence-electron chi connectivity index (χ3n) is 6.26. The monoisotopic (exact) mass is 532 g/mol. The van der Waals surface area contributed by atoms with Gasteiger partial charge in [-0.2, -0.15) is 0 Å². The number of amides is 4. The first-order chi connectivity index (χ1) is 18.9. The maximum atomic E-state index is 13.2. The molecule has 2 N–H and O–H groups in total. The molecule has 0 fully saturated rings. The Morgan fingerprint density at radius 1 is 0.769 bits per heavy atom. The predicted octanol–water partition coefficient (Wildman–Crippen LogP) is 5.97. The quantitative estimate of drug-likeness (QED) is 0.271. The minimum atomic E-state index is -0.519. The number of anilines is 3. The van der Waals surface area contributed by atoms with Crippen molar-refractivity contribution in [3.63, 3.8) is 0 Å². The third-order valence-corrected chi connectivity index (χ3v) is 7.34. The van der Waals surface area contributed by atoms with Gasteiger partial charge in [-0.15, -0.1) is 11.3 Å². The molecule has 6 rings (SSSR count). The number of hydrogen-bond acceptors (Lipinski definition) is 6. The molecule has 0 bridgehead atoms. The van der Waals surface area contributed by atoms with Crippen LogP contribution < -0.4 is 15.5 Å². The van der Waals surface area contributed by atoms with Crippen LogP contribution in [0.15, 0.2) is 91.0 Å². The Labute approximate surface area is 226 Å². The van der Waals surface area contributed by atoms with E-state index >= 15 is 0 Å². The number of nitrogens with one attached hydrogen (secondary N) is 2. The molecule has 4 aromatic carbocycles. The van der Waals surface area contributed by atoms with Gasteiger partial charge in [0.1, 0.15) is 5.01 Å². The van der Waals surface area contributed by atoms with Crippen molar-refractivity contribution in [2.75, 3.05) is 15.5 Å². The number of rotatable bonds is 5. The molecule has 2 heterocycles. The second kappa shape index (κ2) is 9.62. The zero-order chi connectivity index (χ0) is 27.1. The lowest BCUT2D eigenvalue weighted by Crippen LogP contribution is -2.29. The van der Waals surface area contributed by atoms with Gasteiger partial charge in [0.25, 0.3) is 17.7 Å². The van der Waals surface area contributed by atoms with Crippen molar-refractivity contribution in [2.45, 2.75) is 6.92 Å². The van der Waals surface area contributed by atoms with Crippen LogP contribution in [-0.4, -0.2) is 28.6 Å². The van der Waals surface area contributed by atoms with E-state index in [0.717, 1.165) is 25.7 Å². The molecule has 1 aliphatic rings. The normalized spacial score (nSPS) is 12.5. The Morgan fingerprint density at radius 2 is 1.54 bits per heavy atom. The second-order valence-electron chi connectivity index (χ2n) is 8.96. The average molecular weight is 533 g/mol. The smallest absolute Gasteiger partial charge is 0.266 e. The summed E-state index contributed by atoms with van der Waals surface area (Å²) >= 11 is 1.57. The summed E-state index contributed by atoms with van der Waals surface area (Å²) in [5, 5.41) is 6.37. The summed E-state index contributed by atoms with van der Waals surface area (Å²) in [7, 11) is 0. The third kappa shape index (κ3) is 4.55. The van der Waals surface area contributed by atoms with E-state index in [4.69, 9.17) is 0 Å². The molecule has 1 aliphatic heterocycles. The topological polar surface area (TPSA) is 108 Å². The number of hydrogen-bond donors (Lipinski definition) is 2. The SMILES string of the molecule is CC(=O)Nc1ccc(N2C(=O)c3ccc(C(=O)Nc4cccc(-c5nc6ccccc6s5)c4)cc3C2=O)cc1. The van der Waals surface area contributed by atoms with Gasteiger partial charge in [0.2, 0.25) is 5.91 Å². The number of thiazole rings is 1. The van der Waals surface area contributed by atoms with Crippen LogP contribution in [0.1, 0.15) is 38.0 Å². The molecule has 0 atom stereocenters. The first-order valence-corrected chi connectivity index (χ1v) is 12.9. The highest BCUT2D eigenvalue weighted by Crippen LogP contribution is 2.32. The van der Waals surface area contributed by atoms with Crippen LogP contribution in [0.3, 0.4) is 0 Å². The maximum absolute atomic E-state index is 13.2. The molecule has 9 heteroatoms. The van der Waals surface area contributed by atoms with Crippen LogP contribution in [0.25, 0.3) is 20.8 Å². The lowest BCUT2D eigenvalue weighted by atomic mass is 10.1. The fourth-order valence-electron chi connectivity index (χ4n) is 4.44. The highest BCUT2D eigenvalue weighted by molar-refractivity contribution is 7.21. The summed E-state index contributed by atoms with van der Waals surface area (Å²) in [6.07, 6.45) is 0. The molecule has 0 saturated carbocycles. The predicted molar refractivity (Wildman–Crippen MR) is 151 cm³/mol. The number of benzene rings is 4. The fraction of sp³-hybridized carbons (Fsp3) is 0.0333. The van der Waals surface area contributed by atoms with Gasteiger partial charge in [-0.3, -0.25) is 19.2 Å². The van der Waals surface area contributed by atoms with E-state index < -0.39 is 17.7 Å². The molecule has 0 radical (unpaired) electrons. The largest absolute Gasteiger partial charge is 0.326 e. The number of fused-ring (bicyclic) bond motifs is 2. The Bertz CT molecular complexity index is 1780. The summed E-state index contributed by atoms with van der Waals surface area (Å²) in [5.41, 5.74) is 3.93. The molecule has 190 valence electrons. The lowest BCUT2D eigenvalue weighted by Gasteiger charge is -2.14. The maximum Gasteiger partial charge on any atom is 0.266 e. The Morgan fingerprint density at radius 3 is 2.31 bits per heavy atom. The van der Waals surface area contributed by atoms with Crippen LogP contribution in [-0.2, 0) is 4.79 Å². The number of carbonyl (C=O) groups excluding carboxylic acids is 4. The first kappa shape index (κ1) is 24.2. The van der Waals surface area contributed by atoms with Gasteiger partial charge in [0, 0.05) is 29.4 Å². The van der Waals surface area contributed by atoms with E-state index in [2.05, 4.69) is 15.6 Å². The van der Waals surface area contributed by atoms with Gasteiger partial charge in [0.15, 0.2) is 0 Å². The zero-order valence-corrected chi connectivity index (χ0v) is 21.4. The molecule has 0 aliphatic carbocycles. The van der Waals surface area contributed by atoms with Crippen LogP contribution in [0.4, 0.5) is 17.1 Å². The minimum Gasteiger partial charge on any atom is -0.326 e. The zero-order valence-electron chi connectivity index (χ0n) is 20.6. The van der Waals surface area contributed by atoms with Gasteiger partial charge in [-0.1, -0.05) is 24.3 Å². The summed E-state index contributed by atoms with van der Waals surface area (Å²) in [6, 6.07) is 26.2. The summed E-state index contributed by atoms with van der Waals surface area (Å²) in [5.74, 6) is -1.62. The van der Waals surface area contributed by atoms with E-state index in [1.807, 2.05) is 42.5 Å². The fourth-order valence-corrected chi connectivity index (χ4v) is 5.40. The molecule has 39 heavy (non-hydrogen) atoms. The minimum absolute atomic E-state index is 0.154. The highest BCUT2D eigenvalue weighted by atomic mass is 32.1. The van der Waals surface area contributed by atoms with E-state index in [9.17, 15) is 19.2 Å². The average Bonchev–Trinajstić information content (AvgIpc) is 3.48. The summed E-state index contributed by atoms with van der Waals surface area (Å²) in [6.45, 7) is 1.39. The van der Waals surface area contributed by atoms with Gasteiger partial charge in [-0.25, -0.2) is 9.88 Å². The number of carbonyl (C=O) groups is 4. The van der Waals surface area contributed by atoms with Crippen LogP contribution in [0, 0.1) is 0 Å². The standard InChI is InChI=1S/C30H20N4O4S/c1-17(35)31-20-10-12-22(13-11-20)34-29(37)23-14-9-18(16-24(23)30(34)38)27(36)32-21-6-4-5-19(15-21)28-33-25-7-2-3-8-26(25)39-28/h2-16H,1H3,(H,31,35)(H,32,36). The Kier molecular flexibility index (Phi) is 5.97. The highest BCUT2D eigenvalue weighted by Gasteiger charge is 2.37. The molecule has 0 saturated heterocycles.